The van der Waals surface area contributed by atoms with Gasteiger partial charge >= 0.3 is 12.1 Å². The fourth-order valence-corrected chi connectivity index (χ4v) is 3.96. The fourth-order valence-electron chi connectivity index (χ4n) is 2.89. The van der Waals surface area contributed by atoms with Gasteiger partial charge in [-0.1, -0.05) is 12.1 Å². The van der Waals surface area contributed by atoms with Crippen LogP contribution in [0.1, 0.15) is 32.1 Å². The van der Waals surface area contributed by atoms with Crippen LogP contribution in [0.2, 0.25) is 0 Å². The number of ether oxygens (including phenoxy) is 1. The minimum atomic E-state index is -4.40. The third kappa shape index (κ3) is 5.49. The molecule has 1 N–H and O–H groups in total. The van der Waals surface area contributed by atoms with Crippen molar-refractivity contribution in [2.24, 2.45) is 0 Å². The zero-order chi connectivity index (χ0) is 22.8. The maximum atomic E-state index is 12.7. The van der Waals surface area contributed by atoms with Crippen LogP contribution in [0.15, 0.2) is 42.5 Å². The largest absolute Gasteiger partial charge is 0.482 e. The number of carboxylic acids is 1. The Hall–Kier alpha value is -3.20. The molecule has 0 unspecified atom stereocenters. The lowest BCUT2D eigenvalue weighted by molar-refractivity contribution is -0.139. The van der Waals surface area contributed by atoms with E-state index in [0.29, 0.717) is 33.1 Å². The molecule has 5 nitrogen and oxygen atoms in total. The number of halogens is 3. The highest BCUT2D eigenvalue weighted by Crippen LogP contribution is 2.33. The second-order valence-electron chi connectivity index (χ2n) is 6.87. The summed E-state index contributed by atoms with van der Waals surface area (Å²) in [6, 6.07) is 9.50. The van der Waals surface area contributed by atoms with Crippen molar-refractivity contribution in [1.82, 2.24) is 4.98 Å². The molecule has 0 atom stereocenters. The molecule has 3 aromatic rings. The first kappa shape index (κ1) is 22.5. The van der Waals surface area contributed by atoms with Crippen molar-refractivity contribution in [3.63, 3.8) is 0 Å². The molecule has 0 fully saturated rings. The molecular weight excluding hydrogens is 431 g/mol. The van der Waals surface area contributed by atoms with Gasteiger partial charge in [-0.2, -0.15) is 13.2 Å². The Morgan fingerprint density at radius 1 is 1.10 bits per heavy atom. The van der Waals surface area contributed by atoms with Crippen LogP contribution in [0.4, 0.5) is 13.2 Å². The lowest BCUT2D eigenvalue weighted by Crippen LogP contribution is -2.10. The normalized spacial score (nSPS) is 11.4. The number of carbonyl (C=O) groups is 2. The average Bonchev–Trinajstić information content (AvgIpc) is 3.06. The summed E-state index contributed by atoms with van der Waals surface area (Å²) >= 11 is 1.26. The van der Waals surface area contributed by atoms with Crippen molar-refractivity contribution >= 4 is 23.1 Å². The Kier molecular flexibility index (Phi) is 6.45. The first-order chi connectivity index (χ1) is 14.5. The van der Waals surface area contributed by atoms with Gasteiger partial charge in [-0.3, -0.25) is 4.79 Å². The molecule has 0 aliphatic heterocycles. The number of aromatic nitrogens is 1. The van der Waals surface area contributed by atoms with Crippen LogP contribution in [-0.4, -0.2) is 28.4 Å². The number of thiazole rings is 1. The molecule has 0 aliphatic rings. The number of Topliss-reactive ketones (excluding diaryl/α,β-unsaturated/α-hetero) is 1. The van der Waals surface area contributed by atoms with Gasteiger partial charge in [0, 0.05) is 22.4 Å². The predicted octanol–water partition coefficient (Wildman–Crippen LogP) is 5.33. The van der Waals surface area contributed by atoms with Crippen LogP contribution in [0.3, 0.4) is 0 Å². The van der Waals surface area contributed by atoms with Crippen LogP contribution in [0, 0.1) is 13.8 Å². The first-order valence-electron chi connectivity index (χ1n) is 9.17. The number of hydrogen-bond acceptors (Lipinski definition) is 5. The third-order valence-electron chi connectivity index (χ3n) is 4.52. The fraction of sp³-hybridized carbons (Fsp3) is 0.227. The highest BCUT2D eigenvalue weighted by atomic mass is 32.1. The molecule has 0 bridgehead atoms. The molecule has 1 aromatic heterocycles. The highest BCUT2D eigenvalue weighted by Gasteiger charge is 2.30. The molecule has 162 valence electrons. The van der Waals surface area contributed by atoms with E-state index in [-0.39, 0.29) is 12.2 Å². The summed E-state index contributed by atoms with van der Waals surface area (Å²) < 4.78 is 43.4. The smallest absolute Gasteiger partial charge is 0.416 e. The van der Waals surface area contributed by atoms with Crippen LogP contribution in [0.5, 0.6) is 5.75 Å². The average molecular weight is 449 g/mol. The Morgan fingerprint density at radius 3 is 2.35 bits per heavy atom. The predicted molar refractivity (Wildman–Crippen MR) is 110 cm³/mol. The first-order valence-corrected chi connectivity index (χ1v) is 9.98. The van der Waals surface area contributed by atoms with Crippen LogP contribution in [-0.2, 0) is 17.4 Å². The number of aryl methyl sites for hydroxylation is 2. The number of ketones is 1. The van der Waals surface area contributed by atoms with E-state index >= 15 is 0 Å². The maximum absolute atomic E-state index is 12.7. The van der Waals surface area contributed by atoms with E-state index in [9.17, 15) is 22.8 Å². The summed E-state index contributed by atoms with van der Waals surface area (Å²) in [6.45, 7) is 3.00. The van der Waals surface area contributed by atoms with E-state index in [0.717, 1.165) is 17.0 Å². The summed E-state index contributed by atoms with van der Waals surface area (Å²) in [5.74, 6) is -0.861. The van der Waals surface area contributed by atoms with Gasteiger partial charge < -0.3 is 9.84 Å². The molecule has 2 aromatic carbocycles. The van der Waals surface area contributed by atoms with E-state index < -0.39 is 24.3 Å². The number of benzene rings is 2. The topological polar surface area (TPSA) is 76.5 Å². The Bertz CT molecular complexity index is 1120. The van der Waals surface area contributed by atoms with Crippen molar-refractivity contribution in [1.29, 1.82) is 0 Å². The monoisotopic (exact) mass is 449 g/mol. The van der Waals surface area contributed by atoms with Gasteiger partial charge in [-0.25, -0.2) is 9.78 Å². The van der Waals surface area contributed by atoms with Crippen molar-refractivity contribution in [2.45, 2.75) is 26.4 Å². The van der Waals surface area contributed by atoms with Crippen molar-refractivity contribution in [3.05, 3.63) is 69.7 Å². The quantitative estimate of drug-likeness (QED) is 0.493. The van der Waals surface area contributed by atoms with Crippen molar-refractivity contribution in [2.75, 3.05) is 6.61 Å². The standard InChI is InChI=1S/C22H18F3NO4S/c1-12-9-15(5-8-18(12)30-11-20(28)29)17(27)10-19-13(2)26-21(31-19)14-3-6-16(7-4-14)22(23,24)25/h3-9H,10-11H2,1-2H3,(H,28,29). The van der Waals surface area contributed by atoms with Gasteiger partial charge in [0.15, 0.2) is 12.4 Å². The third-order valence-corrected chi connectivity index (χ3v) is 5.73. The molecule has 0 aliphatic carbocycles. The van der Waals surface area contributed by atoms with Crippen molar-refractivity contribution in [3.8, 4) is 16.3 Å². The molecule has 0 spiro atoms. The van der Waals surface area contributed by atoms with E-state index in [1.165, 1.54) is 23.5 Å². The zero-order valence-electron chi connectivity index (χ0n) is 16.6. The van der Waals surface area contributed by atoms with E-state index in [1.807, 2.05) is 0 Å². The number of rotatable bonds is 7. The lowest BCUT2D eigenvalue weighted by atomic mass is 10.0. The summed E-state index contributed by atoms with van der Waals surface area (Å²) in [5, 5.41) is 9.24. The van der Waals surface area contributed by atoms with Gasteiger partial charge in [0.05, 0.1) is 11.3 Å². The zero-order valence-corrected chi connectivity index (χ0v) is 17.4. The number of aliphatic carboxylic acids is 1. The molecule has 0 amide bonds. The Labute approximate surface area is 180 Å². The minimum absolute atomic E-state index is 0.0961. The summed E-state index contributed by atoms with van der Waals surface area (Å²) in [7, 11) is 0. The number of alkyl halides is 3. The second kappa shape index (κ2) is 8.89. The van der Waals surface area contributed by atoms with Gasteiger partial charge in [0.1, 0.15) is 10.8 Å². The van der Waals surface area contributed by atoms with Crippen molar-refractivity contribution < 1.29 is 32.6 Å². The van der Waals surface area contributed by atoms with Gasteiger partial charge in [0.2, 0.25) is 0 Å². The van der Waals surface area contributed by atoms with Gasteiger partial charge in [0.25, 0.3) is 0 Å². The minimum Gasteiger partial charge on any atom is -0.482 e. The SMILES string of the molecule is Cc1cc(C(=O)Cc2sc(-c3ccc(C(F)(F)F)cc3)nc2C)ccc1OCC(=O)O. The number of hydrogen-bond donors (Lipinski definition) is 1. The van der Waals surface area contributed by atoms with Gasteiger partial charge in [-0.05, 0) is 49.7 Å². The summed E-state index contributed by atoms with van der Waals surface area (Å²) in [5.41, 5.74) is 1.55. The highest BCUT2D eigenvalue weighted by molar-refractivity contribution is 7.15. The molecule has 0 saturated heterocycles. The van der Waals surface area contributed by atoms with Crippen LogP contribution < -0.4 is 4.74 Å². The molecule has 1 heterocycles. The van der Waals surface area contributed by atoms with Crippen LogP contribution in [0.25, 0.3) is 10.6 Å². The number of carboxylic acid groups (broad SMARTS) is 1. The summed E-state index contributed by atoms with van der Waals surface area (Å²) in [4.78, 5) is 28.5. The molecular formula is C22H18F3NO4S. The molecule has 9 heteroatoms. The number of nitrogens with zero attached hydrogens (tertiary/aromatic N) is 1. The van der Waals surface area contributed by atoms with E-state index in [1.54, 1.807) is 32.0 Å². The Morgan fingerprint density at radius 2 is 1.77 bits per heavy atom. The van der Waals surface area contributed by atoms with Gasteiger partial charge in [-0.15, -0.1) is 11.3 Å². The maximum Gasteiger partial charge on any atom is 0.416 e. The van der Waals surface area contributed by atoms with Crippen LogP contribution >= 0.6 is 11.3 Å². The Balaban J connectivity index is 1.75. The molecule has 0 radical (unpaired) electrons. The summed E-state index contributed by atoms with van der Waals surface area (Å²) in [6.07, 6.45) is -4.31. The lowest BCUT2D eigenvalue weighted by Gasteiger charge is -2.08. The van der Waals surface area contributed by atoms with E-state index in [4.69, 9.17) is 9.84 Å². The molecule has 31 heavy (non-hydrogen) atoms. The second-order valence-corrected chi connectivity index (χ2v) is 7.95. The molecule has 0 saturated carbocycles. The number of carbonyl (C=O) groups excluding carboxylic acids is 1. The molecule has 3 rings (SSSR count). The van der Waals surface area contributed by atoms with E-state index in [2.05, 4.69) is 4.98 Å².